The summed E-state index contributed by atoms with van der Waals surface area (Å²) in [6.45, 7) is 2.54. The van der Waals surface area contributed by atoms with E-state index in [1.54, 1.807) is 24.3 Å². The summed E-state index contributed by atoms with van der Waals surface area (Å²) in [6.07, 6.45) is 0. The van der Waals surface area contributed by atoms with Crippen LogP contribution in [-0.4, -0.2) is 12.5 Å². The Hall–Kier alpha value is -1.81. The van der Waals surface area contributed by atoms with Crippen LogP contribution in [0.1, 0.15) is 22.8 Å². The number of hydrogen-bond donors (Lipinski definition) is 1. The first-order chi connectivity index (χ1) is 9.74. The average Bonchev–Trinajstić information content (AvgIpc) is 2.49. The number of para-hydroxylation sites is 1. The zero-order valence-corrected chi connectivity index (χ0v) is 12.8. The first-order valence-electron chi connectivity index (χ1n) is 6.42. The molecule has 1 amide bonds. The van der Waals surface area contributed by atoms with Crippen LogP contribution in [0.15, 0.2) is 48.5 Å². The van der Waals surface area contributed by atoms with Gasteiger partial charge < -0.3 is 10.1 Å². The number of anilines is 1. The van der Waals surface area contributed by atoms with Gasteiger partial charge in [-0.05, 0) is 42.8 Å². The summed E-state index contributed by atoms with van der Waals surface area (Å²) in [5, 5.41) is 3.62. The van der Waals surface area contributed by atoms with Crippen molar-refractivity contribution in [1.82, 2.24) is 0 Å². The summed E-state index contributed by atoms with van der Waals surface area (Å²) in [5.74, 6) is 0.645. The van der Waals surface area contributed by atoms with Gasteiger partial charge in [0.1, 0.15) is 5.75 Å². The van der Waals surface area contributed by atoms with Gasteiger partial charge in [-0.2, -0.15) is 0 Å². The van der Waals surface area contributed by atoms with Gasteiger partial charge in [-0.15, -0.1) is 0 Å². The molecule has 2 aromatic carbocycles. The van der Waals surface area contributed by atoms with Crippen molar-refractivity contribution in [1.29, 1.82) is 0 Å². The molecule has 2 aromatic rings. The summed E-state index contributed by atoms with van der Waals surface area (Å²) >= 11 is 3.41. The molecule has 0 aromatic heterocycles. The van der Waals surface area contributed by atoms with Gasteiger partial charge in [0.2, 0.25) is 0 Å². The predicted molar refractivity (Wildman–Crippen MR) is 84.6 cm³/mol. The van der Waals surface area contributed by atoms with Gasteiger partial charge >= 0.3 is 0 Å². The number of alkyl halides is 1. The molecule has 0 bridgehead atoms. The van der Waals surface area contributed by atoms with Crippen LogP contribution in [-0.2, 0) is 5.33 Å². The van der Waals surface area contributed by atoms with Crippen molar-refractivity contribution in [3.05, 3.63) is 59.7 Å². The zero-order chi connectivity index (χ0) is 14.4. The number of benzene rings is 2. The molecule has 3 nitrogen and oxygen atoms in total. The molecule has 104 valence electrons. The number of ether oxygens (including phenoxy) is 1. The molecule has 2 rings (SSSR count). The van der Waals surface area contributed by atoms with E-state index in [1.165, 1.54) is 0 Å². The first-order valence-corrected chi connectivity index (χ1v) is 7.55. The highest BCUT2D eigenvalue weighted by atomic mass is 79.9. The quantitative estimate of drug-likeness (QED) is 0.831. The molecule has 20 heavy (non-hydrogen) atoms. The molecule has 0 atom stereocenters. The number of carbonyl (C=O) groups excluding carboxylic acids is 1. The summed E-state index contributed by atoms with van der Waals surface area (Å²) in [4.78, 5) is 12.2. The van der Waals surface area contributed by atoms with Gasteiger partial charge in [0.15, 0.2) is 0 Å². The highest BCUT2D eigenvalue weighted by Gasteiger charge is 2.08. The van der Waals surface area contributed by atoms with E-state index in [2.05, 4.69) is 21.2 Å². The van der Waals surface area contributed by atoms with Gasteiger partial charge in [-0.3, -0.25) is 4.79 Å². The lowest BCUT2D eigenvalue weighted by Crippen LogP contribution is -2.12. The Morgan fingerprint density at radius 1 is 1.15 bits per heavy atom. The average molecular weight is 334 g/mol. The van der Waals surface area contributed by atoms with E-state index >= 15 is 0 Å². The Bertz CT molecular complexity index is 581. The maximum Gasteiger partial charge on any atom is 0.255 e. The number of hydrogen-bond acceptors (Lipinski definition) is 2. The van der Waals surface area contributed by atoms with Crippen LogP contribution >= 0.6 is 15.9 Å². The number of carbonyl (C=O) groups is 1. The number of nitrogens with one attached hydrogen (secondary N) is 1. The Kier molecular flexibility index (Phi) is 5.18. The smallest absolute Gasteiger partial charge is 0.255 e. The number of rotatable bonds is 5. The third-order valence-electron chi connectivity index (χ3n) is 2.84. The fraction of sp³-hybridized carbons (Fsp3) is 0.188. The van der Waals surface area contributed by atoms with Crippen molar-refractivity contribution in [2.24, 2.45) is 0 Å². The fourth-order valence-corrected chi connectivity index (χ4v) is 2.31. The normalized spacial score (nSPS) is 10.1. The van der Waals surface area contributed by atoms with Gasteiger partial charge in [0.05, 0.1) is 6.61 Å². The van der Waals surface area contributed by atoms with Crippen LogP contribution in [0.2, 0.25) is 0 Å². The van der Waals surface area contributed by atoms with E-state index in [0.29, 0.717) is 17.5 Å². The summed E-state index contributed by atoms with van der Waals surface area (Å²) < 4.78 is 5.36. The van der Waals surface area contributed by atoms with Crippen LogP contribution in [0, 0.1) is 0 Å². The van der Waals surface area contributed by atoms with Crippen LogP contribution < -0.4 is 10.1 Å². The topological polar surface area (TPSA) is 38.3 Å². The fourth-order valence-electron chi connectivity index (χ4n) is 1.82. The molecule has 0 aliphatic carbocycles. The molecule has 0 heterocycles. The maximum atomic E-state index is 12.2. The van der Waals surface area contributed by atoms with Crippen molar-refractivity contribution < 1.29 is 9.53 Å². The monoisotopic (exact) mass is 333 g/mol. The van der Waals surface area contributed by atoms with Crippen molar-refractivity contribution in [2.45, 2.75) is 12.3 Å². The minimum Gasteiger partial charge on any atom is -0.494 e. The molecule has 0 fully saturated rings. The van der Waals surface area contributed by atoms with Crippen LogP contribution in [0.25, 0.3) is 0 Å². The third-order valence-corrected chi connectivity index (χ3v) is 3.44. The van der Waals surface area contributed by atoms with Gasteiger partial charge in [0.25, 0.3) is 5.91 Å². The van der Waals surface area contributed by atoms with Crippen molar-refractivity contribution in [3.8, 4) is 5.75 Å². The minimum absolute atomic E-state index is 0.124. The molecule has 1 N–H and O–H groups in total. The van der Waals surface area contributed by atoms with Crippen molar-refractivity contribution in [2.75, 3.05) is 11.9 Å². The van der Waals surface area contributed by atoms with E-state index in [4.69, 9.17) is 4.74 Å². The second-order valence-electron chi connectivity index (χ2n) is 4.20. The standard InChI is InChI=1S/C16H16BrNO2/c1-2-20-14-9-7-12(8-10-14)16(19)18-15-6-4-3-5-13(15)11-17/h3-10H,2,11H2,1H3,(H,18,19). The zero-order valence-electron chi connectivity index (χ0n) is 11.2. The molecular weight excluding hydrogens is 318 g/mol. The van der Waals surface area contributed by atoms with E-state index in [1.807, 2.05) is 31.2 Å². The summed E-state index contributed by atoms with van der Waals surface area (Å²) in [5.41, 5.74) is 2.48. The van der Waals surface area contributed by atoms with Crippen LogP contribution in [0.4, 0.5) is 5.69 Å². The SMILES string of the molecule is CCOc1ccc(C(=O)Nc2ccccc2CBr)cc1. The van der Waals surface area contributed by atoms with E-state index < -0.39 is 0 Å². The molecule has 4 heteroatoms. The molecular formula is C16H16BrNO2. The van der Waals surface area contributed by atoms with Gasteiger partial charge in [0, 0.05) is 16.6 Å². The molecule has 0 saturated carbocycles. The highest BCUT2D eigenvalue weighted by molar-refractivity contribution is 9.08. The Morgan fingerprint density at radius 2 is 1.85 bits per heavy atom. The Morgan fingerprint density at radius 3 is 2.50 bits per heavy atom. The minimum atomic E-state index is -0.124. The molecule has 0 saturated heterocycles. The van der Waals surface area contributed by atoms with E-state index in [0.717, 1.165) is 17.0 Å². The lowest BCUT2D eigenvalue weighted by Gasteiger charge is -2.09. The molecule has 0 aliphatic heterocycles. The molecule has 0 spiro atoms. The van der Waals surface area contributed by atoms with E-state index in [-0.39, 0.29) is 5.91 Å². The van der Waals surface area contributed by atoms with E-state index in [9.17, 15) is 4.79 Å². The molecule has 0 aliphatic rings. The third kappa shape index (κ3) is 3.61. The second kappa shape index (κ2) is 7.10. The molecule has 0 unspecified atom stereocenters. The molecule has 0 radical (unpaired) electrons. The predicted octanol–water partition coefficient (Wildman–Crippen LogP) is 4.23. The first kappa shape index (κ1) is 14.6. The van der Waals surface area contributed by atoms with Crippen molar-refractivity contribution in [3.63, 3.8) is 0 Å². The lowest BCUT2D eigenvalue weighted by atomic mass is 10.1. The maximum absolute atomic E-state index is 12.2. The Labute approximate surface area is 127 Å². The van der Waals surface area contributed by atoms with Gasteiger partial charge in [-0.25, -0.2) is 0 Å². The van der Waals surface area contributed by atoms with Crippen LogP contribution in [0.3, 0.4) is 0 Å². The summed E-state index contributed by atoms with van der Waals surface area (Å²) in [6, 6.07) is 14.8. The lowest BCUT2D eigenvalue weighted by molar-refractivity contribution is 0.102. The second-order valence-corrected chi connectivity index (χ2v) is 4.76. The summed E-state index contributed by atoms with van der Waals surface area (Å²) in [7, 11) is 0. The Balaban J connectivity index is 2.11. The largest absolute Gasteiger partial charge is 0.494 e. The highest BCUT2D eigenvalue weighted by Crippen LogP contribution is 2.19. The van der Waals surface area contributed by atoms with Crippen LogP contribution in [0.5, 0.6) is 5.75 Å². The van der Waals surface area contributed by atoms with Gasteiger partial charge in [-0.1, -0.05) is 34.1 Å². The number of amides is 1. The number of halogens is 1. The van der Waals surface area contributed by atoms with Crippen molar-refractivity contribution >= 4 is 27.5 Å².